The lowest BCUT2D eigenvalue weighted by Gasteiger charge is -2.47. The van der Waals surface area contributed by atoms with Crippen LogP contribution >= 0.6 is 0 Å². The molecule has 1 aliphatic carbocycles. The number of carbonyl (C=O) groups is 2. The van der Waals surface area contributed by atoms with Gasteiger partial charge in [-0.2, -0.15) is 0 Å². The first-order valence-corrected chi connectivity index (χ1v) is 13.1. The highest BCUT2D eigenvalue weighted by Crippen LogP contribution is 2.31. The number of hydrogen-bond acceptors (Lipinski definition) is 15. The van der Waals surface area contributed by atoms with E-state index < -0.39 is 91.1 Å². The third kappa shape index (κ3) is 7.28. The van der Waals surface area contributed by atoms with Gasteiger partial charge in [0.2, 0.25) is 12.1 Å². The van der Waals surface area contributed by atoms with Gasteiger partial charge in [0.25, 0.3) is 5.91 Å². The van der Waals surface area contributed by atoms with Crippen LogP contribution < -0.4 is 33.6 Å². The van der Waals surface area contributed by atoms with E-state index in [1.807, 2.05) is 0 Å². The number of ether oxygens (including phenoxy) is 4. The number of amides is 1. The quantitative estimate of drug-likeness (QED) is 0.118. The van der Waals surface area contributed by atoms with E-state index in [4.69, 9.17) is 41.9 Å². The van der Waals surface area contributed by atoms with E-state index >= 15 is 0 Å². The number of aliphatic hydroxyl groups is 4. The van der Waals surface area contributed by atoms with Crippen LogP contribution in [0.15, 0.2) is 0 Å². The SMILES string of the molecule is CN[C@@H]1C(=O)[C@@H](OC2C(O)C(O[C@H]3O[C@H](CN)CCC3N)[C@@H](N)C[C@H]2NC(=O)[C@@H](O)[C@H](N)CO)OCC1(C)O. The predicted octanol–water partition coefficient (Wildman–Crippen LogP) is -5.93. The van der Waals surface area contributed by atoms with E-state index in [2.05, 4.69) is 10.6 Å². The fourth-order valence-electron chi connectivity index (χ4n) is 5.19. The van der Waals surface area contributed by atoms with Gasteiger partial charge in [-0.1, -0.05) is 0 Å². The largest absolute Gasteiger partial charge is 0.395 e. The monoisotopic (exact) mass is 564 g/mol. The second kappa shape index (κ2) is 13.5. The molecular formula is C23H44N6O10. The zero-order chi connectivity index (χ0) is 29.1. The second-order valence-electron chi connectivity index (χ2n) is 10.7. The average molecular weight is 565 g/mol. The van der Waals surface area contributed by atoms with Gasteiger partial charge in [-0.3, -0.25) is 9.59 Å². The third-order valence-corrected chi connectivity index (χ3v) is 7.52. The molecule has 1 amide bonds. The molecule has 2 saturated heterocycles. The highest BCUT2D eigenvalue weighted by molar-refractivity contribution is 5.89. The Morgan fingerprint density at radius 3 is 2.54 bits per heavy atom. The summed E-state index contributed by atoms with van der Waals surface area (Å²) in [6, 6.07) is -4.71. The van der Waals surface area contributed by atoms with Crippen LogP contribution in [-0.4, -0.2) is 138 Å². The minimum absolute atomic E-state index is 0.0183. The lowest BCUT2D eigenvalue weighted by Crippen LogP contribution is -2.69. The highest BCUT2D eigenvalue weighted by Gasteiger charge is 2.52. The van der Waals surface area contributed by atoms with E-state index in [-0.39, 0.29) is 25.7 Å². The summed E-state index contributed by atoms with van der Waals surface area (Å²) < 4.78 is 23.3. The van der Waals surface area contributed by atoms with Gasteiger partial charge in [-0.05, 0) is 33.2 Å². The molecule has 14 N–H and O–H groups in total. The average Bonchev–Trinajstić information content (AvgIpc) is 2.89. The number of Topliss-reactive ketones (excluding diaryl/α,β-unsaturated/α-hetero) is 1. The summed E-state index contributed by atoms with van der Waals surface area (Å²) in [4.78, 5) is 25.7. The van der Waals surface area contributed by atoms with Crippen LogP contribution in [0.25, 0.3) is 0 Å². The first kappa shape index (κ1) is 32.1. The van der Waals surface area contributed by atoms with Crippen LogP contribution in [-0.2, 0) is 28.5 Å². The Bertz CT molecular complexity index is 839. The Morgan fingerprint density at radius 2 is 1.92 bits per heavy atom. The molecule has 0 radical (unpaired) electrons. The fraction of sp³-hybridized carbons (Fsp3) is 0.913. The first-order valence-electron chi connectivity index (χ1n) is 13.1. The highest BCUT2D eigenvalue weighted by atomic mass is 16.7. The molecular weight excluding hydrogens is 520 g/mol. The van der Waals surface area contributed by atoms with Gasteiger partial charge in [-0.15, -0.1) is 0 Å². The topological polar surface area (TPSA) is 280 Å². The van der Waals surface area contributed by atoms with Crippen molar-refractivity contribution in [2.24, 2.45) is 22.9 Å². The van der Waals surface area contributed by atoms with Crippen LogP contribution in [0.4, 0.5) is 0 Å². The van der Waals surface area contributed by atoms with Gasteiger partial charge in [0.05, 0.1) is 37.4 Å². The summed E-state index contributed by atoms with van der Waals surface area (Å²) in [6.45, 7) is 0.765. The maximum Gasteiger partial charge on any atom is 0.250 e. The van der Waals surface area contributed by atoms with E-state index in [9.17, 15) is 30.0 Å². The van der Waals surface area contributed by atoms with E-state index in [0.717, 1.165) is 0 Å². The Balaban J connectivity index is 1.83. The van der Waals surface area contributed by atoms with E-state index in [0.29, 0.717) is 12.8 Å². The Kier molecular flexibility index (Phi) is 11.1. The zero-order valence-corrected chi connectivity index (χ0v) is 22.2. The molecule has 5 unspecified atom stereocenters. The third-order valence-electron chi connectivity index (χ3n) is 7.52. The number of aliphatic hydroxyl groups excluding tert-OH is 3. The summed E-state index contributed by atoms with van der Waals surface area (Å²) in [5.41, 5.74) is 22.3. The molecule has 3 aliphatic rings. The first-order chi connectivity index (χ1) is 18.3. The molecule has 3 fully saturated rings. The minimum atomic E-state index is -1.77. The van der Waals surface area contributed by atoms with Crippen molar-refractivity contribution in [3.8, 4) is 0 Å². The molecule has 13 atom stereocenters. The molecule has 16 heteroatoms. The summed E-state index contributed by atoms with van der Waals surface area (Å²) >= 11 is 0. The van der Waals surface area contributed by atoms with Gasteiger partial charge in [-0.25, -0.2) is 0 Å². The number of nitrogens with two attached hydrogens (primary N) is 4. The number of carbonyl (C=O) groups excluding carboxylic acids is 2. The minimum Gasteiger partial charge on any atom is -0.395 e. The van der Waals surface area contributed by atoms with Gasteiger partial charge < -0.3 is 72.9 Å². The van der Waals surface area contributed by atoms with Crippen molar-refractivity contribution in [1.82, 2.24) is 10.6 Å². The van der Waals surface area contributed by atoms with Crippen molar-refractivity contribution in [2.45, 2.75) is 105 Å². The molecule has 0 bridgehead atoms. The van der Waals surface area contributed by atoms with Gasteiger partial charge >= 0.3 is 0 Å². The smallest absolute Gasteiger partial charge is 0.250 e. The maximum atomic E-state index is 13.1. The molecule has 0 aromatic rings. The fourth-order valence-corrected chi connectivity index (χ4v) is 5.19. The molecule has 0 aromatic heterocycles. The summed E-state index contributed by atoms with van der Waals surface area (Å²) in [6.07, 6.45) is -7.24. The second-order valence-corrected chi connectivity index (χ2v) is 10.7. The van der Waals surface area contributed by atoms with Crippen LogP contribution in [0.2, 0.25) is 0 Å². The van der Waals surface area contributed by atoms with Crippen molar-refractivity contribution in [2.75, 3.05) is 26.8 Å². The maximum absolute atomic E-state index is 13.1. The number of nitrogens with one attached hydrogen (secondary N) is 2. The van der Waals surface area contributed by atoms with Crippen molar-refractivity contribution in [3.63, 3.8) is 0 Å². The van der Waals surface area contributed by atoms with Gasteiger partial charge in [0, 0.05) is 12.6 Å². The van der Waals surface area contributed by atoms with Crippen LogP contribution in [0.3, 0.4) is 0 Å². The molecule has 2 aliphatic heterocycles. The Labute approximate surface area is 226 Å². The Hall–Kier alpha value is -1.38. The van der Waals surface area contributed by atoms with E-state index in [1.54, 1.807) is 0 Å². The normalized spacial score (nSPS) is 43.1. The molecule has 226 valence electrons. The van der Waals surface area contributed by atoms with Crippen molar-refractivity contribution >= 4 is 11.7 Å². The lowest BCUT2D eigenvalue weighted by atomic mass is 9.83. The summed E-state index contributed by atoms with van der Waals surface area (Å²) in [5, 5.41) is 46.5. The van der Waals surface area contributed by atoms with Crippen molar-refractivity contribution < 1.29 is 49.0 Å². The lowest BCUT2D eigenvalue weighted by molar-refractivity contribution is -0.276. The zero-order valence-electron chi connectivity index (χ0n) is 22.2. The predicted molar refractivity (Wildman–Crippen MR) is 134 cm³/mol. The van der Waals surface area contributed by atoms with Gasteiger partial charge in [0.1, 0.15) is 36.1 Å². The van der Waals surface area contributed by atoms with Crippen molar-refractivity contribution in [1.29, 1.82) is 0 Å². The van der Waals surface area contributed by atoms with Crippen LogP contribution in [0.1, 0.15) is 26.2 Å². The molecule has 1 saturated carbocycles. The molecule has 2 heterocycles. The molecule has 0 aromatic carbocycles. The standard InChI is InChI=1S/C23H44N6O10/c1-23(35)8-36-22(16(33)19(23)28-2)39-18-13(29-20(34)14(31)12(27)7-30)5-11(26)17(15(18)32)38-21-10(25)4-3-9(6-24)37-21/h9-15,17-19,21-22,28,30-32,35H,3-8,24-27H2,1-2H3,(H,29,34)/t9-,10?,11-,12+,13+,14-,15?,17?,18?,19+,21+,22+,23?/m0/s1. The van der Waals surface area contributed by atoms with E-state index in [1.165, 1.54) is 14.0 Å². The molecule has 0 spiro atoms. The summed E-state index contributed by atoms with van der Waals surface area (Å²) in [5.74, 6) is -1.58. The van der Waals surface area contributed by atoms with Gasteiger partial charge in [0.15, 0.2) is 6.29 Å². The van der Waals surface area contributed by atoms with Crippen LogP contribution in [0, 0.1) is 0 Å². The Morgan fingerprint density at radius 1 is 1.23 bits per heavy atom. The number of hydrogen-bond donors (Lipinski definition) is 10. The molecule has 3 rings (SSSR count). The number of rotatable bonds is 10. The number of likely N-dealkylation sites (N-methyl/N-ethyl adjacent to an activating group) is 1. The summed E-state index contributed by atoms with van der Waals surface area (Å²) in [7, 11) is 1.49. The van der Waals surface area contributed by atoms with Crippen molar-refractivity contribution in [3.05, 3.63) is 0 Å². The van der Waals surface area contributed by atoms with Crippen LogP contribution in [0.5, 0.6) is 0 Å². The molecule has 39 heavy (non-hydrogen) atoms. The molecule has 16 nitrogen and oxygen atoms in total. The number of ketones is 1.